The zero-order valence-corrected chi connectivity index (χ0v) is 19.9. The molecule has 0 aliphatic carbocycles. The standard InChI is InChI=1S/C28H24FNO6/c1-4-36-28(34)19-8-5-9-20(14-19)30-24(17-7-6-10-21(15-17)35-3)23(26(32)27(30)33)25(31)18-11-12-22(29)16(2)13-18/h5-15,24,31H,4H2,1-3H3/b25-23+. The van der Waals surface area contributed by atoms with Crippen molar-refractivity contribution in [2.24, 2.45) is 0 Å². The number of amides is 1. The normalized spacial score (nSPS) is 16.8. The van der Waals surface area contributed by atoms with E-state index in [1.165, 1.54) is 43.2 Å². The number of esters is 1. The topological polar surface area (TPSA) is 93.1 Å². The fourth-order valence-corrected chi connectivity index (χ4v) is 4.17. The van der Waals surface area contributed by atoms with Crippen molar-refractivity contribution in [3.05, 3.63) is 100 Å². The zero-order valence-electron chi connectivity index (χ0n) is 19.9. The van der Waals surface area contributed by atoms with E-state index in [1.807, 2.05) is 0 Å². The number of ketones is 1. The molecule has 4 rings (SSSR count). The smallest absolute Gasteiger partial charge is 0.338 e. The fourth-order valence-electron chi connectivity index (χ4n) is 4.17. The first-order valence-electron chi connectivity index (χ1n) is 11.3. The number of anilines is 1. The van der Waals surface area contributed by atoms with Crippen molar-refractivity contribution >= 4 is 29.1 Å². The predicted octanol–water partition coefficient (Wildman–Crippen LogP) is 4.95. The summed E-state index contributed by atoms with van der Waals surface area (Å²) in [4.78, 5) is 40.2. The Labute approximate surface area is 207 Å². The number of hydrogen-bond acceptors (Lipinski definition) is 6. The molecular formula is C28H24FNO6. The molecule has 0 aromatic heterocycles. The summed E-state index contributed by atoms with van der Waals surface area (Å²) in [5.41, 5.74) is 1.27. The Kier molecular flexibility index (Phi) is 6.87. The van der Waals surface area contributed by atoms with Crippen LogP contribution in [0, 0.1) is 12.7 Å². The van der Waals surface area contributed by atoms with E-state index >= 15 is 0 Å². The van der Waals surface area contributed by atoms with Crippen LogP contribution in [-0.2, 0) is 14.3 Å². The lowest BCUT2D eigenvalue weighted by atomic mass is 9.94. The van der Waals surface area contributed by atoms with Gasteiger partial charge >= 0.3 is 5.97 Å². The maximum atomic E-state index is 13.9. The molecule has 3 aromatic carbocycles. The number of aliphatic hydroxyl groups is 1. The number of methoxy groups -OCH3 is 1. The Morgan fingerprint density at radius 2 is 1.78 bits per heavy atom. The predicted molar refractivity (Wildman–Crippen MR) is 131 cm³/mol. The Morgan fingerprint density at radius 3 is 2.47 bits per heavy atom. The van der Waals surface area contributed by atoms with Crippen LogP contribution in [0.15, 0.2) is 72.3 Å². The highest BCUT2D eigenvalue weighted by atomic mass is 19.1. The second-order valence-corrected chi connectivity index (χ2v) is 8.18. The Morgan fingerprint density at radius 1 is 1.03 bits per heavy atom. The summed E-state index contributed by atoms with van der Waals surface area (Å²) in [6.45, 7) is 3.39. The molecule has 0 spiro atoms. The van der Waals surface area contributed by atoms with Gasteiger partial charge in [-0.1, -0.05) is 18.2 Å². The zero-order chi connectivity index (χ0) is 26.0. The van der Waals surface area contributed by atoms with Crippen molar-refractivity contribution in [1.29, 1.82) is 0 Å². The van der Waals surface area contributed by atoms with E-state index in [4.69, 9.17) is 9.47 Å². The molecule has 1 fully saturated rings. The number of Topliss-reactive ketones (excluding diaryl/α,β-unsaturated/α-hetero) is 1. The molecule has 1 unspecified atom stereocenters. The summed E-state index contributed by atoms with van der Waals surface area (Å²) in [7, 11) is 1.49. The van der Waals surface area contributed by atoms with Crippen molar-refractivity contribution < 1.29 is 33.4 Å². The summed E-state index contributed by atoms with van der Waals surface area (Å²) in [6.07, 6.45) is 0. The monoisotopic (exact) mass is 489 g/mol. The molecule has 1 aliphatic heterocycles. The quantitative estimate of drug-likeness (QED) is 0.228. The number of hydrogen-bond donors (Lipinski definition) is 1. The molecule has 7 nitrogen and oxygen atoms in total. The summed E-state index contributed by atoms with van der Waals surface area (Å²) in [6, 6.07) is 15.8. The average molecular weight is 489 g/mol. The molecule has 1 heterocycles. The minimum Gasteiger partial charge on any atom is -0.507 e. The van der Waals surface area contributed by atoms with E-state index in [0.29, 0.717) is 11.3 Å². The maximum absolute atomic E-state index is 13.9. The molecule has 36 heavy (non-hydrogen) atoms. The molecule has 1 N–H and O–H groups in total. The van der Waals surface area contributed by atoms with Crippen molar-refractivity contribution in [3.63, 3.8) is 0 Å². The van der Waals surface area contributed by atoms with Crippen LogP contribution in [0.5, 0.6) is 5.75 Å². The molecule has 1 atom stereocenters. The van der Waals surface area contributed by atoms with Crippen LogP contribution in [0.3, 0.4) is 0 Å². The molecule has 184 valence electrons. The summed E-state index contributed by atoms with van der Waals surface area (Å²) in [5, 5.41) is 11.2. The highest BCUT2D eigenvalue weighted by Gasteiger charge is 2.47. The van der Waals surface area contributed by atoms with Gasteiger partial charge in [0.25, 0.3) is 11.7 Å². The number of ether oxygens (including phenoxy) is 2. The lowest BCUT2D eigenvalue weighted by molar-refractivity contribution is -0.132. The van der Waals surface area contributed by atoms with Gasteiger partial charge in [0.15, 0.2) is 0 Å². The van der Waals surface area contributed by atoms with Crippen molar-refractivity contribution in [2.75, 3.05) is 18.6 Å². The van der Waals surface area contributed by atoms with Crippen molar-refractivity contribution in [3.8, 4) is 5.75 Å². The number of halogens is 1. The number of rotatable bonds is 6. The van der Waals surface area contributed by atoms with Crippen molar-refractivity contribution in [1.82, 2.24) is 0 Å². The van der Waals surface area contributed by atoms with E-state index in [1.54, 1.807) is 49.4 Å². The molecular weight excluding hydrogens is 465 g/mol. The van der Waals surface area contributed by atoms with Crippen LogP contribution < -0.4 is 9.64 Å². The van der Waals surface area contributed by atoms with E-state index in [-0.39, 0.29) is 34.6 Å². The van der Waals surface area contributed by atoms with Crippen LogP contribution in [0.25, 0.3) is 5.76 Å². The van der Waals surface area contributed by atoms with Crippen LogP contribution in [0.4, 0.5) is 10.1 Å². The van der Waals surface area contributed by atoms with Gasteiger partial charge in [-0.3, -0.25) is 14.5 Å². The Balaban J connectivity index is 1.94. The average Bonchev–Trinajstić information content (AvgIpc) is 3.15. The van der Waals surface area contributed by atoms with Gasteiger partial charge in [-0.05, 0) is 73.5 Å². The van der Waals surface area contributed by atoms with Gasteiger partial charge in [0.1, 0.15) is 17.3 Å². The molecule has 1 saturated heterocycles. The third kappa shape index (κ3) is 4.45. The highest BCUT2D eigenvalue weighted by molar-refractivity contribution is 6.51. The van der Waals surface area contributed by atoms with E-state index in [2.05, 4.69) is 0 Å². The molecule has 0 radical (unpaired) electrons. The van der Waals surface area contributed by atoms with Crippen LogP contribution in [0.2, 0.25) is 0 Å². The van der Waals surface area contributed by atoms with Crippen LogP contribution in [-0.4, -0.2) is 36.5 Å². The first-order chi connectivity index (χ1) is 17.3. The number of aryl methyl sites for hydroxylation is 1. The van der Waals surface area contributed by atoms with Gasteiger partial charge in [-0.15, -0.1) is 0 Å². The van der Waals surface area contributed by atoms with Crippen LogP contribution in [0.1, 0.15) is 40.0 Å². The lowest BCUT2D eigenvalue weighted by Gasteiger charge is -2.26. The van der Waals surface area contributed by atoms with Crippen LogP contribution >= 0.6 is 0 Å². The van der Waals surface area contributed by atoms with E-state index < -0.39 is 35.3 Å². The molecule has 8 heteroatoms. The van der Waals surface area contributed by atoms with Gasteiger partial charge in [-0.2, -0.15) is 0 Å². The van der Waals surface area contributed by atoms with Gasteiger partial charge in [0.2, 0.25) is 0 Å². The third-order valence-electron chi connectivity index (χ3n) is 5.92. The first kappa shape index (κ1) is 24.7. The van der Waals surface area contributed by atoms with E-state index in [9.17, 15) is 23.9 Å². The SMILES string of the molecule is CCOC(=O)c1cccc(N2C(=O)C(=O)/C(=C(/O)c3ccc(F)c(C)c3)C2c2cccc(OC)c2)c1. The van der Waals surface area contributed by atoms with Gasteiger partial charge in [0, 0.05) is 11.3 Å². The number of aliphatic hydroxyl groups excluding tert-OH is 1. The fraction of sp³-hybridized carbons (Fsp3) is 0.179. The number of carbonyl (C=O) groups is 3. The number of nitrogens with zero attached hydrogens (tertiary/aromatic N) is 1. The molecule has 0 bridgehead atoms. The summed E-state index contributed by atoms with van der Waals surface area (Å²) < 4.78 is 24.3. The Bertz CT molecular complexity index is 1400. The van der Waals surface area contributed by atoms with E-state index in [0.717, 1.165) is 0 Å². The first-order valence-corrected chi connectivity index (χ1v) is 11.3. The lowest BCUT2D eigenvalue weighted by Crippen LogP contribution is -2.29. The summed E-state index contributed by atoms with van der Waals surface area (Å²) in [5.74, 6) is -2.79. The minimum atomic E-state index is -1.04. The second-order valence-electron chi connectivity index (χ2n) is 8.18. The number of benzene rings is 3. The minimum absolute atomic E-state index is 0.166. The maximum Gasteiger partial charge on any atom is 0.338 e. The largest absolute Gasteiger partial charge is 0.507 e. The summed E-state index contributed by atoms with van der Waals surface area (Å²) >= 11 is 0. The molecule has 0 saturated carbocycles. The van der Waals surface area contributed by atoms with Gasteiger partial charge in [-0.25, -0.2) is 9.18 Å². The molecule has 1 aliphatic rings. The molecule has 3 aromatic rings. The molecule has 1 amide bonds. The third-order valence-corrected chi connectivity index (χ3v) is 5.92. The van der Waals surface area contributed by atoms with Crippen molar-refractivity contribution in [2.45, 2.75) is 19.9 Å². The van der Waals surface area contributed by atoms with Gasteiger partial charge in [0.05, 0.1) is 30.9 Å². The van der Waals surface area contributed by atoms with Gasteiger partial charge < -0.3 is 14.6 Å². The highest BCUT2D eigenvalue weighted by Crippen LogP contribution is 2.43. The number of carbonyl (C=O) groups excluding carboxylic acids is 3. The Hall–Kier alpha value is -4.46. The second kappa shape index (κ2) is 10.0.